The van der Waals surface area contributed by atoms with Crippen LogP contribution in [0, 0.1) is 5.92 Å². The van der Waals surface area contributed by atoms with Gasteiger partial charge in [-0.1, -0.05) is 6.42 Å². The number of piperidine rings is 1. The van der Waals surface area contributed by atoms with Crippen LogP contribution in [0.4, 0.5) is 4.79 Å². The Bertz CT molecular complexity index is 349. The predicted octanol–water partition coefficient (Wildman–Crippen LogP) is 1.45. The van der Waals surface area contributed by atoms with Gasteiger partial charge in [0, 0.05) is 19.1 Å². The Kier molecular flexibility index (Phi) is 5.23. The Morgan fingerprint density at radius 3 is 2.45 bits per heavy atom. The van der Waals surface area contributed by atoms with Crippen molar-refractivity contribution in [2.75, 3.05) is 19.7 Å². The molecule has 1 aliphatic carbocycles. The molecule has 0 aromatic carbocycles. The highest BCUT2D eigenvalue weighted by molar-refractivity contribution is 5.74. The topological polar surface area (TPSA) is 78.9 Å². The SMILES string of the molecule is CC(NC(=O)N1CCC(OCC(=O)O)CC1)C1CCC1. The summed E-state index contributed by atoms with van der Waals surface area (Å²) >= 11 is 0. The molecule has 2 aliphatic rings. The van der Waals surface area contributed by atoms with Gasteiger partial charge in [0.1, 0.15) is 6.61 Å². The number of ether oxygens (including phenoxy) is 1. The van der Waals surface area contributed by atoms with Gasteiger partial charge in [-0.05, 0) is 38.5 Å². The van der Waals surface area contributed by atoms with Gasteiger partial charge in [-0.15, -0.1) is 0 Å². The van der Waals surface area contributed by atoms with Crippen molar-refractivity contribution in [2.24, 2.45) is 5.92 Å². The molecule has 1 heterocycles. The van der Waals surface area contributed by atoms with Crippen LogP contribution in [-0.2, 0) is 9.53 Å². The van der Waals surface area contributed by atoms with Gasteiger partial charge < -0.3 is 20.1 Å². The van der Waals surface area contributed by atoms with Gasteiger partial charge >= 0.3 is 12.0 Å². The maximum Gasteiger partial charge on any atom is 0.329 e. The van der Waals surface area contributed by atoms with Crippen molar-refractivity contribution < 1.29 is 19.4 Å². The average Bonchev–Trinajstić information content (AvgIpc) is 2.34. The van der Waals surface area contributed by atoms with E-state index in [1.54, 1.807) is 4.90 Å². The Morgan fingerprint density at radius 2 is 1.95 bits per heavy atom. The molecule has 2 fully saturated rings. The van der Waals surface area contributed by atoms with E-state index in [1.165, 1.54) is 19.3 Å². The summed E-state index contributed by atoms with van der Waals surface area (Å²) in [7, 11) is 0. The molecule has 0 aromatic rings. The number of hydrogen-bond acceptors (Lipinski definition) is 3. The summed E-state index contributed by atoms with van der Waals surface area (Å²) in [4.78, 5) is 24.3. The molecule has 114 valence electrons. The minimum atomic E-state index is -0.945. The van der Waals surface area contributed by atoms with Crippen molar-refractivity contribution in [1.82, 2.24) is 10.2 Å². The lowest BCUT2D eigenvalue weighted by atomic mass is 9.80. The minimum absolute atomic E-state index is 0.00100. The van der Waals surface area contributed by atoms with Crippen LogP contribution in [0.15, 0.2) is 0 Å². The van der Waals surface area contributed by atoms with E-state index >= 15 is 0 Å². The molecule has 0 bridgehead atoms. The number of carbonyl (C=O) groups is 2. The van der Waals surface area contributed by atoms with Crippen molar-refractivity contribution in [1.29, 1.82) is 0 Å². The van der Waals surface area contributed by atoms with Crippen molar-refractivity contribution in [3.63, 3.8) is 0 Å². The number of amides is 2. The molecule has 0 aromatic heterocycles. The number of rotatable bonds is 5. The summed E-state index contributed by atoms with van der Waals surface area (Å²) in [6, 6.07) is 0.248. The molecule has 1 saturated heterocycles. The van der Waals surface area contributed by atoms with Crippen LogP contribution >= 0.6 is 0 Å². The first-order valence-electron chi connectivity index (χ1n) is 7.45. The molecule has 2 N–H and O–H groups in total. The van der Waals surface area contributed by atoms with Gasteiger partial charge in [0.25, 0.3) is 0 Å². The van der Waals surface area contributed by atoms with Gasteiger partial charge in [0.15, 0.2) is 0 Å². The summed E-state index contributed by atoms with van der Waals surface area (Å²) in [6.07, 6.45) is 5.08. The van der Waals surface area contributed by atoms with E-state index in [-0.39, 0.29) is 24.8 Å². The van der Waals surface area contributed by atoms with E-state index in [4.69, 9.17) is 9.84 Å². The molecule has 0 radical (unpaired) electrons. The number of carbonyl (C=O) groups excluding carboxylic acids is 1. The van der Waals surface area contributed by atoms with Crippen molar-refractivity contribution in [2.45, 2.75) is 51.2 Å². The average molecular weight is 284 g/mol. The number of urea groups is 1. The highest BCUT2D eigenvalue weighted by Gasteiger charge is 2.28. The third-order valence-electron chi connectivity index (χ3n) is 4.38. The van der Waals surface area contributed by atoms with E-state index in [9.17, 15) is 9.59 Å². The van der Waals surface area contributed by atoms with Gasteiger partial charge in [0.05, 0.1) is 6.10 Å². The third-order valence-corrected chi connectivity index (χ3v) is 4.38. The van der Waals surface area contributed by atoms with Crippen molar-refractivity contribution >= 4 is 12.0 Å². The molecule has 20 heavy (non-hydrogen) atoms. The maximum atomic E-state index is 12.1. The Morgan fingerprint density at radius 1 is 1.30 bits per heavy atom. The van der Waals surface area contributed by atoms with E-state index in [0.29, 0.717) is 31.8 Å². The van der Waals surface area contributed by atoms with Gasteiger partial charge in [-0.3, -0.25) is 0 Å². The maximum absolute atomic E-state index is 12.1. The van der Waals surface area contributed by atoms with Crippen molar-refractivity contribution in [3.8, 4) is 0 Å². The quantitative estimate of drug-likeness (QED) is 0.801. The standard InChI is InChI=1S/C14H24N2O4/c1-10(11-3-2-4-11)15-14(19)16-7-5-12(6-8-16)20-9-13(17)18/h10-12H,2-9H2,1H3,(H,15,19)(H,17,18). The smallest absolute Gasteiger partial charge is 0.329 e. The van der Waals surface area contributed by atoms with Crippen LogP contribution in [0.2, 0.25) is 0 Å². The zero-order chi connectivity index (χ0) is 14.5. The molecule has 6 nitrogen and oxygen atoms in total. The first-order chi connectivity index (χ1) is 9.56. The summed E-state index contributed by atoms with van der Waals surface area (Å²) in [5, 5.41) is 11.6. The lowest BCUT2D eigenvalue weighted by Crippen LogP contribution is -2.50. The van der Waals surface area contributed by atoms with Crippen LogP contribution in [0.5, 0.6) is 0 Å². The van der Waals surface area contributed by atoms with Crippen LogP contribution in [0.1, 0.15) is 39.0 Å². The lowest BCUT2D eigenvalue weighted by Gasteiger charge is -2.36. The molecular weight excluding hydrogens is 260 g/mol. The number of carboxylic acids is 1. The number of nitrogens with zero attached hydrogens (tertiary/aromatic N) is 1. The second-order valence-electron chi connectivity index (χ2n) is 5.82. The van der Waals surface area contributed by atoms with Gasteiger partial charge in [0.2, 0.25) is 0 Å². The highest BCUT2D eigenvalue weighted by Crippen LogP contribution is 2.29. The molecule has 1 atom stereocenters. The second-order valence-corrected chi connectivity index (χ2v) is 5.82. The van der Waals surface area contributed by atoms with E-state index in [2.05, 4.69) is 12.2 Å². The zero-order valence-corrected chi connectivity index (χ0v) is 12.0. The largest absolute Gasteiger partial charge is 0.480 e. The zero-order valence-electron chi connectivity index (χ0n) is 12.0. The first kappa shape index (κ1) is 15.1. The normalized spacial score (nSPS) is 22.1. The highest BCUT2D eigenvalue weighted by atomic mass is 16.5. The van der Waals surface area contributed by atoms with Crippen LogP contribution < -0.4 is 5.32 Å². The van der Waals surface area contributed by atoms with Crippen LogP contribution in [-0.4, -0.2) is 53.8 Å². The number of hydrogen-bond donors (Lipinski definition) is 2. The first-order valence-corrected chi connectivity index (χ1v) is 7.45. The molecule has 1 saturated carbocycles. The number of nitrogens with one attached hydrogen (secondary N) is 1. The Hall–Kier alpha value is -1.30. The number of aliphatic carboxylic acids is 1. The monoisotopic (exact) mass is 284 g/mol. The fourth-order valence-corrected chi connectivity index (χ4v) is 2.76. The number of carboxylic acid groups (broad SMARTS) is 1. The molecule has 0 spiro atoms. The predicted molar refractivity (Wildman–Crippen MR) is 73.5 cm³/mol. The van der Waals surface area contributed by atoms with Crippen LogP contribution in [0.25, 0.3) is 0 Å². The summed E-state index contributed by atoms with van der Waals surface area (Å²) in [5.74, 6) is -0.310. The fourth-order valence-electron chi connectivity index (χ4n) is 2.76. The molecule has 1 aliphatic heterocycles. The van der Waals surface area contributed by atoms with Gasteiger partial charge in [-0.2, -0.15) is 0 Å². The molecule has 1 unspecified atom stereocenters. The summed E-state index contributed by atoms with van der Waals surface area (Å²) in [6.45, 7) is 3.08. The van der Waals surface area contributed by atoms with E-state index in [0.717, 1.165) is 0 Å². The second kappa shape index (κ2) is 6.92. The summed E-state index contributed by atoms with van der Waals surface area (Å²) < 4.78 is 5.26. The van der Waals surface area contributed by atoms with Gasteiger partial charge in [-0.25, -0.2) is 9.59 Å². The number of likely N-dealkylation sites (tertiary alicyclic amines) is 1. The molecule has 2 amide bonds. The Labute approximate surface area is 119 Å². The Balaban J connectivity index is 1.67. The minimum Gasteiger partial charge on any atom is -0.480 e. The van der Waals surface area contributed by atoms with Crippen molar-refractivity contribution in [3.05, 3.63) is 0 Å². The molecule has 2 rings (SSSR count). The molecule has 6 heteroatoms. The van der Waals surface area contributed by atoms with E-state index in [1.807, 2.05) is 0 Å². The van der Waals surface area contributed by atoms with E-state index < -0.39 is 5.97 Å². The fraction of sp³-hybridized carbons (Fsp3) is 0.857. The van der Waals surface area contributed by atoms with Crippen LogP contribution in [0.3, 0.4) is 0 Å². The molecular formula is C14H24N2O4. The third kappa shape index (κ3) is 4.10. The lowest BCUT2D eigenvalue weighted by molar-refractivity contribution is -0.145. The summed E-state index contributed by atoms with van der Waals surface area (Å²) in [5.41, 5.74) is 0.